The summed E-state index contributed by atoms with van der Waals surface area (Å²) in [5, 5.41) is 14.5. The van der Waals surface area contributed by atoms with E-state index in [1.165, 1.54) is 0 Å². The Kier molecular flexibility index (Phi) is 3.74. The Labute approximate surface area is 144 Å². The molecule has 0 aliphatic carbocycles. The molecule has 0 bridgehead atoms. The minimum absolute atomic E-state index is 0.764. The van der Waals surface area contributed by atoms with Crippen LogP contribution in [0, 0.1) is 13.8 Å². The fourth-order valence-electron chi connectivity index (χ4n) is 2.69. The second-order valence-corrected chi connectivity index (χ2v) is 5.71. The molecule has 4 rings (SSSR count). The molecule has 25 heavy (non-hydrogen) atoms. The summed E-state index contributed by atoms with van der Waals surface area (Å²) in [5.74, 6) is 2.41. The van der Waals surface area contributed by atoms with Crippen LogP contribution in [0.15, 0.2) is 55.0 Å². The summed E-state index contributed by atoms with van der Waals surface area (Å²) in [5.41, 5.74) is 4.01. The summed E-state index contributed by atoms with van der Waals surface area (Å²) in [7, 11) is 0. The summed E-state index contributed by atoms with van der Waals surface area (Å²) >= 11 is 0. The van der Waals surface area contributed by atoms with Crippen LogP contribution >= 0.6 is 0 Å². The average Bonchev–Trinajstić information content (AvgIpc) is 3.26. The molecule has 0 fully saturated rings. The van der Waals surface area contributed by atoms with Crippen molar-refractivity contribution >= 4 is 11.5 Å². The quantitative estimate of drug-likeness (QED) is 0.598. The number of aromatic amines is 1. The number of hydrogen-bond acceptors (Lipinski definition) is 5. The van der Waals surface area contributed by atoms with Crippen LogP contribution in [0.25, 0.3) is 16.8 Å². The maximum atomic E-state index is 4.40. The van der Waals surface area contributed by atoms with Gasteiger partial charge in [-0.1, -0.05) is 0 Å². The van der Waals surface area contributed by atoms with Crippen LogP contribution in [0.3, 0.4) is 0 Å². The molecule has 3 heterocycles. The van der Waals surface area contributed by atoms with E-state index in [0.29, 0.717) is 0 Å². The predicted molar refractivity (Wildman–Crippen MR) is 95.9 cm³/mol. The van der Waals surface area contributed by atoms with Crippen LogP contribution < -0.4 is 5.32 Å². The van der Waals surface area contributed by atoms with Crippen LogP contribution in [0.2, 0.25) is 0 Å². The number of aryl methyl sites for hydroxylation is 2. The highest BCUT2D eigenvalue weighted by Crippen LogP contribution is 2.22. The van der Waals surface area contributed by atoms with E-state index >= 15 is 0 Å². The topological polar surface area (TPSA) is 84.3 Å². The van der Waals surface area contributed by atoms with Crippen molar-refractivity contribution < 1.29 is 0 Å². The van der Waals surface area contributed by atoms with Gasteiger partial charge in [0.25, 0.3) is 0 Å². The zero-order valence-corrected chi connectivity index (χ0v) is 13.9. The third-order valence-electron chi connectivity index (χ3n) is 3.85. The first-order valence-electron chi connectivity index (χ1n) is 7.92. The summed E-state index contributed by atoms with van der Waals surface area (Å²) in [4.78, 5) is 8.70. The van der Waals surface area contributed by atoms with Crippen molar-refractivity contribution in [3.8, 4) is 16.8 Å². The Bertz CT molecular complexity index is 985. The van der Waals surface area contributed by atoms with Crippen LogP contribution in [0.5, 0.6) is 0 Å². The fourth-order valence-corrected chi connectivity index (χ4v) is 2.69. The molecule has 124 valence electrons. The normalized spacial score (nSPS) is 10.8. The molecule has 0 spiro atoms. The van der Waals surface area contributed by atoms with Crippen molar-refractivity contribution in [2.24, 2.45) is 0 Å². The molecular formula is C18H17N7. The van der Waals surface area contributed by atoms with Gasteiger partial charge >= 0.3 is 0 Å². The maximum absolute atomic E-state index is 4.40. The lowest BCUT2D eigenvalue weighted by Crippen LogP contribution is -2.00. The van der Waals surface area contributed by atoms with Crippen LogP contribution in [-0.2, 0) is 0 Å². The third-order valence-corrected chi connectivity index (χ3v) is 3.85. The van der Waals surface area contributed by atoms with Crippen molar-refractivity contribution in [1.29, 1.82) is 0 Å². The second-order valence-electron chi connectivity index (χ2n) is 5.71. The first kappa shape index (κ1) is 15.1. The number of pyridine rings is 1. The van der Waals surface area contributed by atoms with Crippen LogP contribution in [0.4, 0.5) is 11.5 Å². The Morgan fingerprint density at radius 1 is 1.04 bits per heavy atom. The monoisotopic (exact) mass is 331 g/mol. The number of aromatic nitrogens is 6. The first-order chi connectivity index (χ1) is 12.2. The van der Waals surface area contributed by atoms with Crippen molar-refractivity contribution in [3.05, 3.63) is 66.6 Å². The van der Waals surface area contributed by atoms with E-state index in [1.807, 2.05) is 61.1 Å². The highest BCUT2D eigenvalue weighted by molar-refractivity contribution is 5.67. The van der Waals surface area contributed by atoms with Gasteiger partial charge in [-0.15, -0.1) is 0 Å². The van der Waals surface area contributed by atoms with Gasteiger partial charge in [-0.3, -0.25) is 5.10 Å². The smallest absolute Gasteiger partial charge is 0.148 e. The Balaban J connectivity index is 1.56. The van der Waals surface area contributed by atoms with E-state index in [9.17, 15) is 0 Å². The molecule has 0 saturated heterocycles. The summed E-state index contributed by atoms with van der Waals surface area (Å²) in [6.07, 6.45) is 5.42. The number of anilines is 2. The van der Waals surface area contributed by atoms with Crippen molar-refractivity contribution in [2.45, 2.75) is 13.8 Å². The van der Waals surface area contributed by atoms with Crippen molar-refractivity contribution in [3.63, 3.8) is 0 Å². The highest BCUT2D eigenvalue weighted by atomic mass is 15.3. The van der Waals surface area contributed by atoms with E-state index in [1.54, 1.807) is 12.4 Å². The van der Waals surface area contributed by atoms with Crippen molar-refractivity contribution in [2.75, 3.05) is 5.32 Å². The average molecular weight is 331 g/mol. The molecule has 0 atom stereocenters. The van der Waals surface area contributed by atoms with E-state index < -0.39 is 0 Å². The minimum Gasteiger partial charge on any atom is -0.340 e. The van der Waals surface area contributed by atoms with Gasteiger partial charge in [0.1, 0.15) is 17.5 Å². The maximum Gasteiger partial charge on any atom is 0.148 e. The van der Waals surface area contributed by atoms with Gasteiger partial charge in [0.05, 0.1) is 11.9 Å². The Morgan fingerprint density at radius 2 is 1.88 bits per heavy atom. The molecule has 3 aromatic heterocycles. The molecule has 1 aromatic carbocycles. The van der Waals surface area contributed by atoms with E-state index in [4.69, 9.17) is 0 Å². The van der Waals surface area contributed by atoms with Gasteiger partial charge in [0.15, 0.2) is 0 Å². The number of hydrogen-bond donors (Lipinski definition) is 2. The molecule has 0 saturated carbocycles. The Hall–Kier alpha value is -3.48. The minimum atomic E-state index is 0.764. The molecule has 0 radical (unpaired) electrons. The highest BCUT2D eigenvalue weighted by Gasteiger charge is 2.06. The van der Waals surface area contributed by atoms with E-state index in [0.717, 1.165) is 40.0 Å². The summed E-state index contributed by atoms with van der Waals surface area (Å²) in [6.45, 7) is 3.83. The Morgan fingerprint density at radius 3 is 2.56 bits per heavy atom. The molecule has 0 aliphatic rings. The van der Waals surface area contributed by atoms with Crippen molar-refractivity contribution in [1.82, 2.24) is 29.9 Å². The van der Waals surface area contributed by atoms with Crippen LogP contribution in [-0.4, -0.2) is 29.9 Å². The molecule has 7 heteroatoms. The number of nitrogens with zero attached hydrogens (tertiary/aromatic N) is 5. The molecule has 4 aromatic rings. The lowest BCUT2D eigenvalue weighted by molar-refractivity contribution is 0.831. The zero-order valence-electron chi connectivity index (χ0n) is 13.9. The largest absolute Gasteiger partial charge is 0.340 e. The number of rotatable bonds is 4. The third kappa shape index (κ3) is 3.12. The molecular weight excluding hydrogens is 314 g/mol. The molecule has 0 aliphatic heterocycles. The lowest BCUT2D eigenvalue weighted by atomic mass is 10.1. The molecule has 0 unspecified atom stereocenters. The van der Waals surface area contributed by atoms with Gasteiger partial charge in [0.2, 0.25) is 0 Å². The van der Waals surface area contributed by atoms with Gasteiger partial charge in [0, 0.05) is 23.6 Å². The SMILES string of the molecule is Cc1nc(C)n(-c2ccc(Nc3cc(-c4cn[nH]c4)ccn3)cc2)n1. The molecule has 0 amide bonds. The first-order valence-corrected chi connectivity index (χ1v) is 7.92. The fraction of sp³-hybridized carbons (Fsp3) is 0.111. The van der Waals surface area contributed by atoms with Gasteiger partial charge in [-0.2, -0.15) is 10.2 Å². The second kappa shape index (κ2) is 6.20. The number of benzene rings is 1. The van der Waals surface area contributed by atoms with E-state index in [2.05, 4.69) is 30.6 Å². The van der Waals surface area contributed by atoms with Gasteiger partial charge < -0.3 is 5.32 Å². The standard InChI is InChI=1S/C18H17N7/c1-12-22-13(2)25(24-12)17-5-3-16(4-6-17)23-18-9-14(7-8-19-18)15-10-20-21-11-15/h3-11H,1-2H3,(H,19,23)(H,20,21). The lowest BCUT2D eigenvalue weighted by Gasteiger charge is -2.08. The van der Waals surface area contributed by atoms with E-state index in [-0.39, 0.29) is 0 Å². The molecule has 7 nitrogen and oxygen atoms in total. The van der Waals surface area contributed by atoms with Crippen LogP contribution in [0.1, 0.15) is 11.6 Å². The summed E-state index contributed by atoms with van der Waals surface area (Å²) in [6, 6.07) is 11.9. The molecule has 2 N–H and O–H groups in total. The zero-order chi connectivity index (χ0) is 17.2. The van der Waals surface area contributed by atoms with Gasteiger partial charge in [-0.25, -0.2) is 14.6 Å². The number of H-pyrrole nitrogens is 1. The van der Waals surface area contributed by atoms with Gasteiger partial charge in [-0.05, 0) is 55.8 Å². The number of nitrogens with one attached hydrogen (secondary N) is 2. The summed E-state index contributed by atoms with van der Waals surface area (Å²) < 4.78 is 1.83. The predicted octanol–water partition coefficient (Wildman–Crippen LogP) is 3.41.